The summed E-state index contributed by atoms with van der Waals surface area (Å²) in [7, 11) is 0. The summed E-state index contributed by atoms with van der Waals surface area (Å²) in [6.45, 7) is 2.68. The summed E-state index contributed by atoms with van der Waals surface area (Å²) >= 11 is 0. The van der Waals surface area contributed by atoms with Gasteiger partial charge in [-0.05, 0) is 37.8 Å². The number of nitriles is 1. The van der Waals surface area contributed by atoms with Gasteiger partial charge in [0, 0.05) is 5.97 Å². The van der Waals surface area contributed by atoms with Gasteiger partial charge in [-0.15, -0.1) is 0 Å². The molecule has 13 heavy (non-hydrogen) atoms. The Balaban J connectivity index is 2.00. The SMILES string of the molecule is N#CB1CCCC2(CCNCC2)C1. The van der Waals surface area contributed by atoms with Gasteiger partial charge in [-0.25, -0.2) is 5.26 Å². The zero-order valence-corrected chi connectivity index (χ0v) is 8.18. The van der Waals surface area contributed by atoms with E-state index in [-0.39, 0.29) is 0 Å². The lowest BCUT2D eigenvalue weighted by Gasteiger charge is -2.41. The molecule has 0 saturated carbocycles. The Morgan fingerprint density at radius 2 is 2.00 bits per heavy atom. The molecule has 0 aliphatic carbocycles. The van der Waals surface area contributed by atoms with Crippen molar-refractivity contribution in [2.75, 3.05) is 13.1 Å². The molecule has 70 valence electrons. The van der Waals surface area contributed by atoms with Crippen LogP contribution in [0.1, 0.15) is 25.7 Å². The predicted octanol–water partition coefficient (Wildman–Crippen LogP) is 1.71. The molecule has 0 amide bonds. The van der Waals surface area contributed by atoms with Crippen LogP contribution >= 0.6 is 0 Å². The molecule has 0 atom stereocenters. The van der Waals surface area contributed by atoms with Gasteiger partial charge in [0.05, 0.1) is 0 Å². The smallest absolute Gasteiger partial charge is 0.268 e. The maximum Gasteiger partial charge on any atom is 0.268 e. The molecule has 0 bridgehead atoms. The van der Waals surface area contributed by atoms with Crippen LogP contribution in [0.3, 0.4) is 0 Å². The van der Waals surface area contributed by atoms with Crippen molar-refractivity contribution in [3.05, 3.63) is 0 Å². The van der Waals surface area contributed by atoms with E-state index in [1.807, 2.05) is 0 Å². The van der Waals surface area contributed by atoms with Crippen LogP contribution in [0.4, 0.5) is 0 Å². The molecular weight excluding hydrogens is 159 g/mol. The molecule has 2 aliphatic heterocycles. The molecule has 1 spiro atoms. The van der Waals surface area contributed by atoms with Gasteiger partial charge in [-0.1, -0.05) is 19.1 Å². The summed E-state index contributed by atoms with van der Waals surface area (Å²) in [5.41, 5.74) is 0.546. The Morgan fingerprint density at radius 3 is 2.69 bits per heavy atom. The van der Waals surface area contributed by atoms with Crippen molar-refractivity contribution in [3.8, 4) is 5.97 Å². The standard InChI is InChI=1S/C10H17BN2/c12-9-11-5-1-2-10(8-11)3-6-13-7-4-10/h13H,1-8H2. The normalized spacial score (nSPS) is 27.2. The second-order valence-corrected chi connectivity index (χ2v) is 4.67. The number of nitrogens with one attached hydrogen (secondary N) is 1. The predicted molar refractivity (Wildman–Crippen MR) is 54.8 cm³/mol. The number of piperidine rings is 1. The molecule has 3 heteroatoms. The Bertz CT molecular complexity index is 210. The van der Waals surface area contributed by atoms with E-state index in [9.17, 15) is 0 Å². The second kappa shape index (κ2) is 3.71. The van der Waals surface area contributed by atoms with Crippen LogP contribution < -0.4 is 5.32 Å². The highest BCUT2D eigenvalue weighted by atomic mass is 14.9. The van der Waals surface area contributed by atoms with Gasteiger partial charge in [-0.3, -0.25) is 0 Å². The van der Waals surface area contributed by atoms with Crippen molar-refractivity contribution in [1.82, 2.24) is 5.32 Å². The highest BCUT2D eigenvalue weighted by Gasteiger charge is 2.38. The second-order valence-electron chi connectivity index (χ2n) is 4.67. The summed E-state index contributed by atoms with van der Waals surface area (Å²) in [6.07, 6.45) is 7.55. The number of hydrogen-bond acceptors (Lipinski definition) is 2. The van der Waals surface area contributed by atoms with Crippen LogP contribution in [0, 0.1) is 16.6 Å². The van der Waals surface area contributed by atoms with E-state index in [0.717, 1.165) is 19.4 Å². The molecule has 0 aromatic carbocycles. The van der Waals surface area contributed by atoms with Gasteiger partial charge < -0.3 is 5.32 Å². The van der Waals surface area contributed by atoms with Gasteiger partial charge >= 0.3 is 0 Å². The van der Waals surface area contributed by atoms with E-state index in [0.29, 0.717) is 12.1 Å². The van der Waals surface area contributed by atoms with Crippen LogP contribution in [0.2, 0.25) is 12.6 Å². The molecule has 2 rings (SSSR count). The Labute approximate surface area is 80.8 Å². The van der Waals surface area contributed by atoms with Gasteiger partial charge in [0.1, 0.15) is 0 Å². The molecule has 0 aromatic rings. The van der Waals surface area contributed by atoms with Crippen molar-refractivity contribution in [1.29, 1.82) is 5.26 Å². The average Bonchev–Trinajstić information content (AvgIpc) is 2.19. The fraction of sp³-hybridized carbons (Fsp3) is 0.900. The number of nitrogens with zero attached hydrogens (tertiary/aromatic N) is 1. The molecule has 0 radical (unpaired) electrons. The van der Waals surface area contributed by atoms with Crippen LogP contribution in [-0.2, 0) is 0 Å². The lowest BCUT2D eigenvalue weighted by Crippen LogP contribution is -2.41. The molecule has 2 saturated heterocycles. The summed E-state index contributed by atoms with van der Waals surface area (Å²) < 4.78 is 0. The van der Waals surface area contributed by atoms with Crippen LogP contribution in [0.15, 0.2) is 0 Å². The summed E-state index contributed by atoms with van der Waals surface area (Å²) in [6, 6.07) is 0. The van der Waals surface area contributed by atoms with Crippen molar-refractivity contribution in [2.45, 2.75) is 38.3 Å². The first-order chi connectivity index (χ1) is 6.35. The minimum atomic E-state index is 0.354. The van der Waals surface area contributed by atoms with E-state index in [1.54, 1.807) is 0 Å². The highest BCUT2D eigenvalue weighted by Crippen LogP contribution is 2.43. The third kappa shape index (κ3) is 1.89. The van der Waals surface area contributed by atoms with Crippen molar-refractivity contribution < 1.29 is 0 Å². The number of rotatable bonds is 0. The molecule has 2 heterocycles. The van der Waals surface area contributed by atoms with Crippen molar-refractivity contribution >= 4 is 6.71 Å². The first kappa shape index (κ1) is 9.08. The molecule has 2 fully saturated rings. The van der Waals surface area contributed by atoms with Gasteiger partial charge in [0.15, 0.2) is 0 Å². The average molecular weight is 176 g/mol. The fourth-order valence-corrected chi connectivity index (χ4v) is 2.97. The van der Waals surface area contributed by atoms with E-state index in [2.05, 4.69) is 11.3 Å². The van der Waals surface area contributed by atoms with E-state index in [4.69, 9.17) is 5.26 Å². The molecular formula is C10H17BN2. The molecule has 0 unspecified atom stereocenters. The van der Waals surface area contributed by atoms with Crippen LogP contribution in [0.25, 0.3) is 0 Å². The maximum absolute atomic E-state index is 8.94. The zero-order valence-electron chi connectivity index (χ0n) is 8.18. The quantitative estimate of drug-likeness (QED) is 0.570. The molecule has 2 aliphatic rings. The van der Waals surface area contributed by atoms with E-state index >= 15 is 0 Å². The van der Waals surface area contributed by atoms with Crippen LogP contribution in [-0.4, -0.2) is 19.8 Å². The van der Waals surface area contributed by atoms with Crippen molar-refractivity contribution in [3.63, 3.8) is 0 Å². The highest BCUT2D eigenvalue weighted by molar-refractivity contribution is 6.67. The maximum atomic E-state index is 8.94. The lowest BCUT2D eigenvalue weighted by molar-refractivity contribution is 0.201. The molecule has 2 nitrogen and oxygen atoms in total. The fourth-order valence-electron chi connectivity index (χ4n) is 2.97. The summed E-state index contributed by atoms with van der Waals surface area (Å²) in [4.78, 5) is 0. The topological polar surface area (TPSA) is 35.8 Å². The molecule has 0 aromatic heterocycles. The zero-order chi connectivity index (χ0) is 9.15. The van der Waals surface area contributed by atoms with Gasteiger partial charge in [0.25, 0.3) is 6.71 Å². The largest absolute Gasteiger partial charge is 0.317 e. The van der Waals surface area contributed by atoms with Crippen molar-refractivity contribution in [2.24, 2.45) is 5.41 Å². The summed E-state index contributed by atoms with van der Waals surface area (Å²) in [5.74, 6) is 2.46. The third-order valence-electron chi connectivity index (χ3n) is 3.79. The Morgan fingerprint density at radius 1 is 1.23 bits per heavy atom. The monoisotopic (exact) mass is 176 g/mol. The Kier molecular flexibility index (Phi) is 2.60. The van der Waals surface area contributed by atoms with E-state index in [1.165, 1.54) is 32.0 Å². The minimum absolute atomic E-state index is 0.354. The van der Waals surface area contributed by atoms with E-state index < -0.39 is 0 Å². The van der Waals surface area contributed by atoms with Gasteiger partial charge in [0.2, 0.25) is 0 Å². The Hall–Kier alpha value is -0.485. The summed E-state index contributed by atoms with van der Waals surface area (Å²) in [5, 5.41) is 12.3. The van der Waals surface area contributed by atoms with Crippen LogP contribution in [0.5, 0.6) is 0 Å². The lowest BCUT2D eigenvalue weighted by atomic mass is 9.37. The number of hydrogen-bond donors (Lipinski definition) is 1. The molecule has 1 N–H and O–H groups in total. The third-order valence-corrected chi connectivity index (χ3v) is 3.79. The van der Waals surface area contributed by atoms with Gasteiger partial charge in [-0.2, -0.15) is 0 Å². The minimum Gasteiger partial charge on any atom is -0.317 e. The first-order valence-electron chi connectivity index (χ1n) is 5.45. The first-order valence-corrected chi connectivity index (χ1v) is 5.45.